The molecule has 0 saturated carbocycles. The van der Waals surface area contributed by atoms with Crippen molar-refractivity contribution in [3.8, 4) is 0 Å². The zero-order chi connectivity index (χ0) is 8.72. The van der Waals surface area contributed by atoms with Gasteiger partial charge in [0, 0.05) is 15.2 Å². The Hall–Kier alpha value is -0.000000000000000111. The largest absolute Gasteiger partial charge is 0.206 e. The maximum absolute atomic E-state index is 13.1. The quantitative estimate of drug-likeness (QED) is 0.671. The molecule has 0 aliphatic rings. The molecule has 2 rings (SSSR count). The van der Waals surface area contributed by atoms with Gasteiger partial charge in [-0.15, -0.1) is 0 Å². The van der Waals surface area contributed by atoms with Crippen molar-refractivity contribution in [3.05, 3.63) is 26.2 Å². The van der Waals surface area contributed by atoms with E-state index in [1.165, 1.54) is 17.6 Å². The SMILES string of the molecule is Fc1cc(Br)c2csnc2c1Br. The molecule has 2 aromatic rings. The minimum Gasteiger partial charge on any atom is -0.206 e. The molecule has 0 saturated heterocycles. The third kappa shape index (κ3) is 1.20. The lowest BCUT2D eigenvalue weighted by Gasteiger charge is -1.97. The van der Waals surface area contributed by atoms with Gasteiger partial charge in [-0.25, -0.2) is 4.39 Å². The molecule has 0 N–H and O–H groups in total. The first-order chi connectivity index (χ1) is 5.70. The van der Waals surface area contributed by atoms with Crippen LogP contribution in [0.2, 0.25) is 0 Å². The summed E-state index contributed by atoms with van der Waals surface area (Å²) in [7, 11) is 0. The van der Waals surface area contributed by atoms with Gasteiger partial charge in [0.15, 0.2) is 0 Å². The summed E-state index contributed by atoms with van der Waals surface area (Å²) in [4.78, 5) is 0. The number of benzene rings is 1. The molecule has 0 amide bonds. The van der Waals surface area contributed by atoms with Gasteiger partial charge in [-0.2, -0.15) is 4.37 Å². The van der Waals surface area contributed by atoms with Gasteiger partial charge in [0.2, 0.25) is 0 Å². The van der Waals surface area contributed by atoms with Crippen LogP contribution in [-0.4, -0.2) is 4.37 Å². The highest BCUT2D eigenvalue weighted by atomic mass is 79.9. The van der Waals surface area contributed by atoms with Crippen molar-refractivity contribution in [3.63, 3.8) is 0 Å². The summed E-state index contributed by atoms with van der Waals surface area (Å²) in [5.41, 5.74) is 0.673. The Morgan fingerprint density at radius 2 is 2.17 bits per heavy atom. The van der Waals surface area contributed by atoms with Crippen LogP contribution >= 0.6 is 43.4 Å². The van der Waals surface area contributed by atoms with E-state index >= 15 is 0 Å². The van der Waals surface area contributed by atoms with Gasteiger partial charge in [0.25, 0.3) is 0 Å². The van der Waals surface area contributed by atoms with Crippen LogP contribution in [-0.2, 0) is 0 Å². The van der Waals surface area contributed by atoms with Gasteiger partial charge < -0.3 is 0 Å². The summed E-state index contributed by atoms with van der Waals surface area (Å²) >= 11 is 7.72. The lowest BCUT2D eigenvalue weighted by Crippen LogP contribution is -1.80. The first-order valence-corrected chi connectivity index (χ1v) is 5.50. The molecule has 0 fully saturated rings. The van der Waals surface area contributed by atoms with Crippen LogP contribution in [0.3, 0.4) is 0 Å². The normalized spacial score (nSPS) is 10.9. The first-order valence-electron chi connectivity index (χ1n) is 3.07. The van der Waals surface area contributed by atoms with Crippen LogP contribution in [0, 0.1) is 5.82 Å². The van der Waals surface area contributed by atoms with E-state index in [4.69, 9.17) is 0 Å². The average Bonchev–Trinajstić information content (AvgIpc) is 2.48. The topological polar surface area (TPSA) is 12.9 Å². The zero-order valence-electron chi connectivity index (χ0n) is 5.64. The molecule has 0 bridgehead atoms. The number of halogens is 3. The van der Waals surface area contributed by atoms with Crippen LogP contribution in [0.15, 0.2) is 20.4 Å². The molecular formula is C7H2Br2FNS. The molecule has 0 spiro atoms. The molecule has 0 aliphatic heterocycles. The van der Waals surface area contributed by atoms with E-state index in [0.29, 0.717) is 9.99 Å². The zero-order valence-corrected chi connectivity index (χ0v) is 9.63. The molecule has 0 radical (unpaired) electrons. The predicted octanol–water partition coefficient (Wildman–Crippen LogP) is 3.96. The highest BCUT2D eigenvalue weighted by Crippen LogP contribution is 2.32. The fraction of sp³-hybridized carbons (Fsp3) is 0. The lowest BCUT2D eigenvalue weighted by molar-refractivity contribution is 0.622. The number of fused-ring (bicyclic) bond motifs is 1. The summed E-state index contributed by atoms with van der Waals surface area (Å²) < 4.78 is 18.3. The maximum Gasteiger partial charge on any atom is 0.140 e. The molecule has 5 heteroatoms. The van der Waals surface area contributed by atoms with Gasteiger partial charge in [-0.1, -0.05) is 0 Å². The van der Waals surface area contributed by atoms with Crippen molar-refractivity contribution in [1.82, 2.24) is 4.37 Å². The fourth-order valence-corrected chi connectivity index (χ4v) is 2.81. The van der Waals surface area contributed by atoms with E-state index in [-0.39, 0.29) is 5.82 Å². The summed E-state index contributed by atoms with van der Waals surface area (Å²) in [6.07, 6.45) is 0. The Bertz CT molecular complexity index is 440. The van der Waals surface area contributed by atoms with Gasteiger partial charge in [0.05, 0.1) is 4.47 Å². The Morgan fingerprint density at radius 1 is 1.42 bits per heavy atom. The van der Waals surface area contributed by atoms with Crippen molar-refractivity contribution in [2.45, 2.75) is 0 Å². The Labute approximate surface area is 89.0 Å². The molecule has 1 aromatic carbocycles. The van der Waals surface area contributed by atoms with Crippen molar-refractivity contribution in [1.29, 1.82) is 0 Å². The van der Waals surface area contributed by atoms with E-state index in [1.54, 1.807) is 0 Å². The summed E-state index contributed by atoms with van der Waals surface area (Å²) in [6, 6.07) is 1.43. The van der Waals surface area contributed by atoms with Crippen molar-refractivity contribution in [2.24, 2.45) is 0 Å². The van der Waals surface area contributed by atoms with Gasteiger partial charge in [-0.3, -0.25) is 0 Å². The second-order valence-corrected chi connectivity index (χ2v) is 4.51. The summed E-state index contributed by atoms with van der Waals surface area (Å²) in [5, 5.41) is 2.82. The molecule has 0 unspecified atom stereocenters. The van der Waals surface area contributed by atoms with E-state index in [9.17, 15) is 4.39 Å². The van der Waals surface area contributed by atoms with Crippen LogP contribution in [0.5, 0.6) is 0 Å². The van der Waals surface area contributed by atoms with Crippen molar-refractivity contribution >= 4 is 54.3 Å². The molecule has 1 nitrogen and oxygen atoms in total. The number of nitrogens with zero attached hydrogens (tertiary/aromatic N) is 1. The number of hydrogen-bond acceptors (Lipinski definition) is 2. The van der Waals surface area contributed by atoms with Crippen LogP contribution in [0.4, 0.5) is 4.39 Å². The Balaban J connectivity index is 2.97. The summed E-state index contributed by atoms with van der Waals surface area (Å²) in [6.45, 7) is 0. The Morgan fingerprint density at radius 3 is 2.92 bits per heavy atom. The lowest BCUT2D eigenvalue weighted by atomic mass is 10.2. The number of rotatable bonds is 0. The molecule has 12 heavy (non-hydrogen) atoms. The first kappa shape index (κ1) is 8.59. The third-order valence-corrected chi connectivity index (χ3v) is 3.54. The van der Waals surface area contributed by atoms with Gasteiger partial charge in [-0.05, 0) is 49.5 Å². The van der Waals surface area contributed by atoms with Gasteiger partial charge in [0.1, 0.15) is 11.3 Å². The third-order valence-electron chi connectivity index (χ3n) is 1.50. The van der Waals surface area contributed by atoms with E-state index < -0.39 is 0 Å². The van der Waals surface area contributed by atoms with Crippen molar-refractivity contribution < 1.29 is 4.39 Å². The monoisotopic (exact) mass is 309 g/mol. The second-order valence-electron chi connectivity index (χ2n) is 2.23. The minimum absolute atomic E-state index is 0.291. The van der Waals surface area contributed by atoms with E-state index in [0.717, 1.165) is 9.86 Å². The average molecular weight is 311 g/mol. The molecule has 1 heterocycles. The molecule has 1 aromatic heterocycles. The standard InChI is InChI=1S/C7H2Br2FNS/c8-4-1-5(10)6(9)7-3(4)2-12-11-7/h1-2H. The van der Waals surface area contributed by atoms with Crippen LogP contribution in [0.25, 0.3) is 10.9 Å². The molecule has 62 valence electrons. The van der Waals surface area contributed by atoms with E-state index in [2.05, 4.69) is 36.2 Å². The number of hydrogen-bond donors (Lipinski definition) is 0. The maximum atomic E-state index is 13.1. The minimum atomic E-state index is -0.291. The van der Waals surface area contributed by atoms with Crippen LogP contribution < -0.4 is 0 Å². The Kier molecular flexibility index (Phi) is 2.18. The highest BCUT2D eigenvalue weighted by Gasteiger charge is 2.10. The number of aromatic nitrogens is 1. The van der Waals surface area contributed by atoms with E-state index in [1.807, 2.05) is 5.38 Å². The smallest absolute Gasteiger partial charge is 0.140 e. The molecule has 0 aliphatic carbocycles. The summed E-state index contributed by atoms with van der Waals surface area (Å²) in [5.74, 6) is -0.291. The van der Waals surface area contributed by atoms with Crippen LogP contribution in [0.1, 0.15) is 0 Å². The molecule has 0 atom stereocenters. The predicted molar refractivity (Wildman–Crippen MR) is 55.0 cm³/mol. The second kappa shape index (κ2) is 3.05. The van der Waals surface area contributed by atoms with Crippen molar-refractivity contribution in [2.75, 3.05) is 0 Å². The molecular weight excluding hydrogens is 309 g/mol. The fourth-order valence-electron chi connectivity index (χ4n) is 0.930. The highest BCUT2D eigenvalue weighted by molar-refractivity contribution is 9.11. The van der Waals surface area contributed by atoms with Gasteiger partial charge >= 0.3 is 0 Å².